The van der Waals surface area contributed by atoms with Crippen molar-refractivity contribution >= 4 is 21.7 Å². The molecule has 0 heterocycles. The van der Waals surface area contributed by atoms with Gasteiger partial charge in [0.1, 0.15) is 5.82 Å². The molecule has 0 aliphatic heterocycles. The van der Waals surface area contributed by atoms with E-state index in [0.29, 0.717) is 5.56 Å². The highest BCUT2D eigenvalue weighted by atomic mass is 32.2. The van der Waals surface area contributed by atoms with Gasteiger partial charge in [0, 0.05) is 5.69 Å². The summed E-state index contributed by atoms with van der Waals surface area (Å²) < 4.78 is 39.8. The summed E-state index contributed by atoms with van der Waals surface area (Å²) in [6.07, 6.45) is 0. The monoisotopic (exact) mass is 308 g/mol. The van der Waals surface area contributed by atoms with Gasteiger partial charge in [0.05, 0.1) is 10.9 Å². The SMILES string of the molecule is Cc1ccc(S(=O)(=O)Nc2cccc(C(=O)[O-])c2)cc1F. The lowest BCUT2D eigenvalue weighted by Gasteiger charge is -2.10. The highest BCUT2D eigenvalue weighted by Gasteiger charge is 2.16. The van der Waals surface area contributed by atoms with Crippen LogP contribution in [0, 0.1) is 12.7 Å². The molecule has 0 saturated carbocycles. The van der Waals surface area contributed by atoms with Gasteiger partial charge in [-0.15, -0.1) is 0 Å². The number of benzene rings is 2. The number of nitrogens with one attached hydrogen (secondary N) is 1. The van der Waals surface area contributed by atoms with Gasteiger partial charge in [-0.3, -0.25) is 4.72 Å². The van der Waals surface area contributed by atoms with Crippen LogP contribution in [-0.2, 0) is 10.0 Å². The maximum absolute atomic E-state index is 13.4. The zero-order chi connectivity index (χ0) is 15.6. The van der Waals surface area contributed by atoms with Crippen LogP contribution in [0.15, 0.2) is 47.4 Å². The lowest BCUT2D eigenvalue weighted by Crippen LogP contribution is -2.22. The van der Waals surface area contributed by atoms with Gasteiger partial charge < -0.3 is 9.90 Å². The number of anilines is 1. The lowest BCUT2D eigenvalue weighted by molar-refractivity contribution is -0.255. The molecule has 0 aliphatic carbocycles. The summed E-state index contributed by atoms with van der Waals surface area (Å²) >= 11 is 0. The zero-order valence-electron chi connectivity index (χ0n) is 11.0. The Bertz CT molecular complexity index is 802. The van der Waals surface area contributed by atoms with Crippen LogP contribution < -0.4 is 9.83 Å². The molecule has 0 fully saturated rings. The average Bonchev–Trinajstić information content (AvgIpc) is 2.41. The van der Waals surface area contributed by atoms with Gasteiger partial charge in [0.25, 0.3) is 10.0 Å². The number of carboxylic acids is 1. The molecule has 0 spiro atoms. The molecule has 0 saturated heterocycles. The van der Waals surface area contributed by atoms with Gasteiger partial charge in [-0.25, -0.2) is 12.8 Å². The predicted octanol–water partition coefficient (Wildman–Crippen LogP) is 1.30. The number of halogens is 1. The first kappa shape index (κ1) is 15.0. The molecule has 7 heteroatoms. The van der Waals surface area contributed by atoms with Gasteiger partial charge in [-0.1, -0.05) is 18.2 Å². The van der Waals surface area contributed by atoms with Crippen molar-refractivity contribution in [3.8, 4) is 0 Å². The van der Waals surface area contributed by atoms with E-state index in [0.717, 1.165) is 12.1 Å². The van der Waals surface area contributed by atoms with Crippen molar-refractivity contribution in [2.45, 2.75) is 11.8 Å². The summed E-state index contributed by atoms with van der Waals surface area (Å²) in [4.78, 5) is 10.5. The molecule has 2 rings (SSSR count). The maximum atomic E-state index is 13.4. The topological polar surface area (TPSA) is 86.3 Å². The fourth-order valence-corrected chi connectivity index (χ4v) is 2.73. The zero-order valence-corrected chi connectivity index (χ0v) is 11.8. The van der Waals surface area contributed by atoms with Crippen LogP contribution in [0.1, 0.15) is 15.9 Å². The molecule has 0 aromatic heterocycles. The van der Waals surface area contributed by atoms with Crippen LogP contribution >= 0.6 is 0 Å². The van der Waals surface area contributed by atoms with E-state index >= 15 is 0 Å². The molecular weight excluding hydrogens is 297 g/mol. The molecule has 110 valence electrons. The molecule has 2 aromatic carbocycles. The molecular formula is C14H11FNO4S-. The number of carboxylic acid groups (broad SMARTS) is 1. The van der Waals surface area contributed by atoms with Gasteiger partial charge in [-0.05, 0) is 42.3 Å². The van der Waals surface area contributed by atoms with Crippen LogP contribution in [0.5, 0.6) is 0 Å². The van der Waals surface area contributed by atoms with Crippen LogP contribution in [-0.4, -0.2) is 14.4 Å². The van der Waals surface area contributed by atoms with Crippen molar-refractivity contribution in [1.29, 1.82) is 0 Å². The van der Waals surface area contributed by atoms with Crippen LogP contribution in [0.25, 0.3) is 0 Å². The summed E-state index contributed by atoms with van der Waals surface area (Å²) in [7, 11) is -4.00. The minimum atomic E-state index is -4.00. The summed E-state index contributed by atoms with van der Waals surface area (Å²) in [5, 5.41) is 10.7. The lowest BCUT2D eigenvalue weighted by atomic mass is 10.2. The first-order valence-electron chi connectivity index (χ1n) is 5.90. The van der Waals surface area contributed by atoms with E-state index in [1.807, 2.05) is 0 Å². The van der Waals surface area contributed by atoms with Crippen LogP contribution in [0.2, 0.25) is 0 Å². The Balaban J connectivity index is 2.35. The van der Waals surface area contributed by atoms with Crippen molar-refractivity contribution in [2.24, 2.45) is 0 Å². The molecule has 0 bridgehead atoms. The fraction of sp³-hybridized carbons (Fsp3) is 0.0714. The summed E-state index contributed by atoms with van der Waals surface area (Å²) in [6, 6.07) is 8.68. The number of sulfonamides is 1. The Hall–Kier alpha value is -2.41. The van der Waals surface area contributed by atoms with Crippen LogP contribution in [0.3, 0.4) is 0 Å². The van der Waals surface area contributed by atoms with Gasteiger partial charge >= 0.3 is 0 Å². The largest absolute Gasteiger partial charge is 0.545 e. The highest BCUT2D eigenvalue weighted by molar-refractivity contribution is 7.92. The number of hydrogen-bond donors (Lipinski definition) is 1. The Morgan fingerprint density at radius 2 is 1.90 bits per heavy atom. The molecule has 0 atom stereocenters. The summed E-state index contributed by atoms with van der Waals surface area (Å²) in [6.45, 7) is 1.52. The summed E-state index contributed by atoms with van der Waals surface area (Å²) in [5.74, 6) is -2.06. The second-order valence-corrected chi connectivity index (χ2v) is 6.07. The van der Waals surface area contributed by atoms with Gasteiger partial charge in [0.2, 0.25) is 0 Å². The average molecular weight is 308 g/mol. The minimum Gasteiger partial charge on any atom is -0.545 e. The van der Waals surface area contributed by atoms with E-state index in [1.54, 1.807) is 0 Å². The molecule has 0 aliphatic rings. The first-order valence-corrected chi connectivity index (χ1v) is 7.38. The van der Waals surface area contributed by atoms with Crippen molar-refractivity contribution in [2.75, 3.05) is 4.72 Å². The van der Waals surface area contributed by atoms with E-state index in [-0.39, 0.29) is 16.1 Å². The third-order valence-corrected chi connectivity index (χ3v) is 4.18. The van der Waals surface area contributed by atoms with E-state index in [9.17, 15) is 22.7 Å². The predicted molar refractivity (Wildman–Crippen MR) is 72.7 cm³/mol. The smallest absolute Gasteiger partial charge is 0.261 e. The number of aryl methyl sites for hydroxylation is 1. The molecule has 0 unspecified atom stereocenters. The molecule has 0 amide bonds. The van der Waals surface area contributed by atoms with Crippen molar-refractivity contribution in [1.82, 2.24) is 0 Å². The van der Waals surface area contributed by atoms with E-state index in [1.165, 1.54) is 37.3 Å². The fourth-order valence-electron chi connectivity index (χ4n) is 1.66. The Morgan fingerprint density at radius 3 is 2.52 bits per heavy atom. The van der Waals surface area contributed by atoms with E-state index in [2.05, 4.69) is 4.72 Å². The van der Waals surface area contributed by atoms with E-state index in [4.69, 9.17) is 0 Å². The molecule has 0 radical (unpaired) electrons. The number of hydrogen-bond acceptors (Lipinski definition) is 4. The highest BCUT2D eigenvalue weighted by Crippen LogP contribution is 2.19. The quantitative estimate of drug-likeness (QED) is 0.922. The second kappa shape index (κ2) is 5.53. The standard InChI is InChI=1S/C14H12FNO4S/c1-9-5-6-12(8-13(9)15)21(19,20)16-11-4-2-3-10(7-11)14(17)18/h2-8,16H,1H3,(H,17,18)/p-1. The Kier molecular flexibility index (Phi) is 3.95. The summed E-state index contributed by atoms with van der Waals surface area (Å²) in [5.41, 5.74) is 0.218. The van der Waals surface area contributed by atoms with Gasteiger partial charge in [0.15, 0.2) is 0 Å². The number of rotatable bonds is 4. The first-order chi connectivity index (χ1) is 9.79. The molecule has 5 nitrogen and oxygen atoms in total. The normalized spacial score (nSPS) is 11.1. The Labute approximate surface area is 121 Å². The van der Waals surface area contributed by atoms with Gasteiger partial charge in [-0.2, -0.15) is 0 Å². The second-order valence-electron chi connectivity index (χ2n) is 4.38. The van der Waals surface area contributed by atoms with Crippen molar-refractivity contribution < 1.29 is 22.7 Å². The minimum absolute atomic E-state index is 0.0534. The number of carbonyl (C=O) groups is 1. The molecule has 1 N–H and O–H groups in total. The third-order valence-electron chi connectivity index (χ3n) is 2.80. The third kappa shape index (κ3) is 3.38. The van der Waals surface area contributed by atoms with E-state index < -0.39 is 21.8 Å². The maximum Gasteiger partial charge on any atom is 0.261 e. The molecule has 2 aromatic rings. The number of aromatic carboxylic acids is 1. The van der Waals surface area contributed by atoms with Crippen molar-refractivity contribution in [3.05, 3.63) is 59.4 Å². The van der Waals surface area contributed by atoms with Crippen molar-refractivity contribution in [3.63, 3.8) is 0 Å². The molecule has 21 heavy (non-hydrogen) atoms. The Morgan fingerprint density at radius 1 is 1.19 bits per heavy atom. The number of carbonyl (C=O) groups excluding carboxylic acids is 1. The van der Waals surface area contributed by atoms with Crippen LogP contribution in [0.4, 0.5) is 10.1 Å².